The maximum absolute atomic E-state index is 10.5. The zero-order valence-electron chi connectivity index (χ0n) is 14.0. The predicted molar refractivity (Wildman–Crippen MR) is 90.8 cm³/mol. The molecular formula is C18H26O6. The first-order valence-electron chi connectivity index (χ1n) is 7.96. The zero-order valence-corrected chi connectivity index (χ0v) is 14.0. The number of ether oxygens (including phenoxy) is 5. The highest BCUT2D eigenvalue weighted by Crippen LogP contribution is 2.10. The van der Waals surface area contributed by atoms with Crippen molar-refractivity contribution in [3.63, 3.8) is 0 Å². The molecule has 0 unspecified atom stereocenters. The first-order valence-corrected chi connectivity index (χ1v) is 7.96. The van der Waals surface area contributed by atoms with Crippen molar-refractivity contribution in [2.75, 3.05) is 59.5 Å². The largest absolute Gasteiger partial charge is 0.491 e. The average molecular weight is 338 g/mol. The van der Waals surface area contributed by atoms with Gasteiger partial charge in [-0.15, -0.1) is 6.58 Å². The third-order valence-corrected chi connectivity index (χ3v) is 2.86. The molecule has 1 aromatic rings. The predicted octanol–water partition coefficient (Wildman–Crippen LogP) is 2.13. The summed E-state index contributed by atoms with van der Waals surface area (Å²) in [6.45, 7) is 8.26. The average Bonchev–Trinajstić information content (AvgIpc) is 2.62. The van der Waals surface area contributed by atoms with Crippen LogP contribution in [0.4, 0.5) is 0 Å². The maximum atomic E-state index is 10.5. The highest BCUT2D eigenvalue weighted by atomic mass is 16.6. The van der Waals surface area contributed by atoms with Crippen molar-refractivity contribution >= 4 is 6.29 Å². The minimum atomic E-state index is 0.453. The normalized spacial score (nSPS) is 10.5. The van der Waals surface area contributed by atoms with Crippen molar-refractivity contribution in [1.29, 1.82) is 0 Å². The van der Waals surface area contributed by atoms with Crippen LogP contribution in [0.5, 0.6) is 5.75 Å². The number of carbonyl (C=O) groups is 1. The summed E-state index contributed by atoms with van der Waals surface area (Å²) in [6, 6.07) is 6.94. The molecule has 6 nitrogen and oxygen atoms in total. The molecule has 1 aromatic carbocycles. The highest BCUT2D eigenvalue weighted by molar-refractivity contribution is 5.74. The topological polar surface area (TPSA) is 63.2 Å². The van der Waals surface area contributed by atoms with Crippen LogP contribution in [-0.4, -0.2) is 65.7 Å². The fourth-order valence-corrected chi connectivity index (χ4v) is 1.69. The Morgan fingerprint density at radius 1 is 0.750 bits per heavy atom. The van der Waals surface area contributed by atoms with Gasteiger partial charge in [-0.05, 0) is 24.3 Å². The minimum Gasteiger partial charge on any atom is -0.491 e. The lowest BCUT2D eigenvalue weighted by atomic mass is 10.2. The summed E-state index contributed by atoms with van der Waals surface area (Å²) in [4.78, 5) is 10.5. The van der Waals surface area contributed by atoms with E-state index >= 15 is 0 Å². The lowest BCUT2D eigenvalue weighted by Crippen LogP contribution is -2.13. The number of benzene rings is 1. The Balaban J connectivity index is 1.81. The van der Waals surface area contributed by atoms with Gasteiger partial charge in [0.15, 0.2) is 0 Å². The molecule has 0 saturated heterocycles. The molecule has 0 aliphatic heterocycles. The van der Waals surface area contributed by atoms with E-state index in [1.165, 1.54) is 0 Å². The van der Waals surface area contributed by atoms with E-state index in [2.05, 4.69) is 6.58 Å². The van der Waals surface area contributed by atoms with E-state index in [9.17, 15) is 4.79 Å². The Morgan fingerprint density at radius 2 is 1.25 bits per heavy atom. The third kappa shape index (κ3) is 10.9. The summed E-state index contributed by atoms with van der Waals surface area (Å²) in [5.41, 5.74) is 0.629. The molecule has 6 heteroatoms. The van der Waals surface area contributed by atoms with Gasteiger partial charge in [-0.2, -0.15) is 0 Å². The van der Waals surface area contributed by atoms with Crippen LogP contribution in [0, 0.1) is 0 Å². The van der Waals surface area contributed by atoms with Crippen LogP contribution >= 0.6 is 0 Å². The van der Waals surface area contributed by atoms with Gasteiger partial charge in [-0.1, -0.05) is 6.08 Å². The lowest BCUT2D eigenvalue weighted by molar-refractivity contribution is -0.00221. The van der Waals surface area contributed by atoms with E-state index in [0.29, 0.717) is 65.0 Å². The highest BCUT2D eigenvalue weighted by Gasteiger charge is 1.96. The van der Waals surface area contributed by atoms with Crippen LogP contribution in [0.15, 0.2) is 36.9 Å². The lowest BCUT2D eigenvalue weighted by Gasteiger charge is -2.08. The molecule has 1 rings (SSSR count). The van der Waals surface area contributed by atoms with Crippen molar-refractivity contribution in [3.05, 3.63) is 42.5 Å². The van der Waals surface area contributed by atoms with Crippen LogP contribution in [0.25, 0.3) is 0 Å². The van der Waals surface area contributed by atoms with Crippen molar-refractivity contribution in [2.45, 2.75) is 0 Å². The molecule has 0 N–H and O–H groups in total. The van der Waals surface area contributed by atoms with Crippen LogP contribution in [0.2, 0.25) is 0 Å². The van der Waals surface area contributed by atoms with Crippen LogP contribution < -0.4 is 4.74 Å². The monoisotopic (exact) mass is 338 g/mol. The fraction of sp³-hybridized carbons (Fsp3) is 0.500. The van der Waals surface area contributed by atoms with Gasteiger partial charge < -0.3 is 23.7 Å². The van der Waals surface area contributed by atoms with E-state index in [0.717, 1.165) is 12.0 Å². The van der Waals surface area contributed by atoms with Crippen molar-refractivity contribution in [2.24, 2.45) is 0 Å². The Kier molecular flexibility index (Phi) is 12.6. The SMILES string of the molecule is C=CCOCCOCCOCCOCCOc1ccc(C=O)cc1. The van der Waals surface area contributed by atoms with Crippen LogP contribution in [0.1, 0.15) is 10.4 Å². The number of aldehydes is 1. The number of rotatable bonds is 16. The number of hydrogen-bond acceptors (Lipinski definition) is 6. The van der Waals surface area contributed by atoms with E-state index in [1.54, 1.807) is 30.3 Å². The molecule has 0 aliphatic carbocycles. The van der Waals surface area contributed by atoms with Gasteiger partial charge in [0, 0.05) is 5.56 Å². The second kappa shape index (κ2) is 14.8. The standard InChI is InChI=1S/C18H26O6/c1-2-7-20-8-9-21-10-11-22-12-13-23-14-15-24-18-5-3-17(16-19)4-6-18/h2-6,16H,1,7-15H2. The molecular weight excluding hydrogens is 312 g/mol. The fourth-order valence-electron chi connectivity index (χ4n) is 1.69. The second-order valence-corrected chi connectivity index (χ2v) is 4.74. The second-order valence-electron chi connectivity index (χ2n) is 4.74. The summed E-state index contributed by atoms with van der Waals surface area (Å²) < 4.78 is 26.8. The summed E-state index contributed by atoms with van der Waals surface area (Å²) in [5.74, 6) is 0.717. The van der Waals surface area contributed by atoms with E-state index < -0.39 is 0 Å². The van der Waals surface area contributed by atoms with Gasteiger partial charge in [0.2, 0.25) is 0 Å². The molecule has 0 bridgehead atoms. The van der Waals surface area contributed by atoms with Gasteiger partial charge in [0.1, 0.15) is 18.6 Å². The molecule has 0 aromatic heterocycles. The van der Waals surface area contributed by atoms with Gasteiger partial charge >= 0.3 is 0 Å². The molecule has 0 saturated carbocycles. The molecule has 0 atom stereocenters. The molecule has 24 heavy (non-hydrogen) atoms. The first kappa shape index (κ1) is 20.3. The van der Waals surface area contributed by atoms with Gasteiger partial charge in [-0.25, -0.2) is 0 Å². The molecule has 0 spiro atoms. The molecule has 0 heterocycles. The van der Waals surface area contributed by atoms with Gasteiger partial charge in [0.05, 0.1) is 52.9 Å². The molecule has 0 radical (unpaired) electrons. The Hall–Kier alpha value is -1.73. The van der Waals surface area contributed by atoms with E-state index in [1.807, 2.05) is 0 Å². The van der Waals surface area contributed by atoms with E-state index in [-0.39, 0.29) is 0 Å². The van der Waals surface area contributed by atoms with Crippen molar-refractivity contribution in [3.8, 4) is 5.75 Å². The zero-order chi connectivity index (χ0) is 17.3. The molecule has 0 aliphatic rings. The van der Waals surface area contributed by atoms with E-state index in [4.69, 9.17) is 23.7 Å². The van der Waals surface area contributed by atoms with Gasteiger partial charge in [0.25, 0.3) is 0 Å². The maximum Gasteiger partial charge on any atom is 0.150 e. The van der Waals surface area contributed by atoms with Crippen molar-refractivity contribution < 1.29 is 28.5 Å². The number of carbonyl (C=O) groups excluding carboxylic acids is 1. The third-order valence-electron chi connectivity index (χ3n) is 2.86. The summed E-state index contributed by atoms with van der Waals surface area (Å²) >= 11 is 0. The summed E-state index contributed by atoms with van der Waals surface area (Å²) in [7, 11) is 0. The van der Waals surface area contributed by atoms with Gasteiger partial charge in [-0.3, -0.25) is 4.79 Å². The van der Waals surface area contributed by atoms with Crippen LogP contribution in [-0.2, 0) is 18.9 Å². The smallest absolute Gasteiger partial charge is 0.150 e. The minimum absolute atomic E-state index is 0.453. The molecule has 0 fully saturated rings. The first-order chi connectivity index (χ1) is 11.9. The molecule has 134 valence electrons. The Morgan fingerprint density at radius 3 is 1.75 bits per heavy atom. The Bertz CT molecular complexity index is 432. The molecule has 0 amide bonds. The summed E-state index contributed by atoms with van der Waals surface area (Å²) in [6.07, 6.45) is 2.51. The van der Waals surface area contributed by atoms with Crippen molar-refractivity contribution in [1.82, 2.24) is 0 Å². The number of hydrogen-bond donors (Lipinski definition) is 0. The Labute approximate surface area is 143 Å². The van der Waals surface area contributed by atoms with Crippen LogP contribution in [0.3, 0.4) is 0 Å². The summed E-state index contributed by atoms with van der Waals surface area (Å²) in [5, 5.41) is 0. The quantitative estimate of drug-likeness (QED) is 0.261.